The molecule has 0 aromatic heterocycles. The van der Waals surface area contributed by atoms with Gasteiger partial charge in [0.25, 0.3) is 0 Å². The molecule has 1 N–H and O–H groups in total. The third-order valence-corrected chi connectivity index (χ3v) is 5.22. The molecular weight excluding hydrogens is 413 g/mol. The molecule has 0 radical (unpaired) electrons. The normalized spacial score (nSPS) is 16.4. The third kappa shape index (κ3) is 5.53. The summed E-state index contributed by atoms with van der Waals surface area (Å²) < 4.78 is 51.9. The van der Waals surface area contributed by atoms with Gasteiger partial charge < -0.3 is 24.4 Å². The number of nitrogens with one attached hydrogen (secondary N) is 1. The van der Waals surface area contributed by atoms with Crippen molar-refractivity contribution in [2.45, 2.75) is 31.8 Å². The van der Waals surface area contributed by atoms with Crippen molar-refractivity contribution in [1.82, 2.24) is 10.2 Å². The van der Waals surface area contributed by atoms with Crippen LogP contribution in [0.5, 0.6) is 17.2 Å². The molecule has 1 aliphatic heterocycles. The molecule has 31 heavy (non-hydrogen) atoms. The Morgan fingerprint density at radius 1 is 1.13 bits per heavy atom. The molecular formula is C22H23F3N2O4. The van der Waals surface area contributed by atoms with Crippen LogP contribution in [0.25, 0.3) is 0 Å². The first-order valence-corrected chi connectivity index (χ1v) is 10.0. The van der Waals surface area contributed by atoms with Crippen molar-refractivity contribution >= 4 is 6.03 Å². The van der Waals surface area contributed by atoms with E-state index in [1.807, 2.05) is 18.2 Å². The first-order valence-electron chi connectivity index (χ1n) is 10.0. The van der Waals surface area contributed by atoms with E-state index in [4.69, 9.17) is 9.47 Å². The first-order chi connectivity index (χ1) is 14.8. The van der Waals surface area contributed by atoms with E-state index in [0.717, 1.165) is 18.4 Å². The van der Waals surface area contributed by atoms with Crippen LogP contribution in [0.3, 0.4) is 0 Å². The fourth-order valence-electron chi connectivity index (χ4n) is 3.54. The van der Waals surface area contributed by atoms with Gasteiger partial charge >= 0.3 is 12.4 Å². The van der Waals surface area contributed by atoms with Gasteiger partial charge in [-0.2, -0.15) is 0 Å². The highest BCUT2D eigenvalue weighted by molar-refractivity contribution is 5.74. The van der Waals surface area contributed by atoms with Crippen LogP contribution in [-0.4, -0.2) is 37.6 Å². The average Bonchev–Trinajstić information content (AvgIpc) is 3.57. The van der Waals surface area contributed by atoms with Crippen LogP contribution in [0.1, 0.15) is 30.0 Å². The van der Waals surface area contributed by atoms with Crippen molar-refractivity contribution in [3.63, 3.8) is 0 Å². The van der Waals surface area contributed by atoms with Gasteiger partial charge in [-0.3, -0.25) is 0 Å². The van der Waals surface area contributed by atoms with Gasteiger partial charge in [0.05, 0.1) is 6.04 Å². The van der Waals surface area contributed by atoms with Gasteiger partial charge in [-0.1, -0.05) is 18.2 Å². The third-order valence-electron chi connectivity index (χ3n) is 5.22. The zero-order valence-electron chi connectivity index (χ0n) is 16.9. The van der Waals surface area contributed by atoms with Crippen LogP contribution in [-0.2, 0) is 6.54 Å². The average molecular weight is 436 g/mol. The smallest absolute Gasteiger partial charge is 0.486 e. The van der Waals surface area contributed by atoms with Crippen LogP contribution < -0.4 is 19.5 Å². The number of carbonyl (C=O) groups excluding carboxylic acids is 1. The number of halogens is 3. The Morgan fingerprint density at radius 2 is 1.81 bits per heavy atom. The maximum absolute atomic E-state index is 12.8. The highest BCUT2D eigenvalue weighted by atomic mass is 19.4. The molecule has 0 saturated heterocycles. The van der Waals surface area contributed by atoms with Crippen LogP contribution >= 0.6 is 0 Å². The van der Waals surface area contributed by atoms with Gasteiger partial charge in [-0.15, -0.1) is 13.2 Å². The van der Waals surface area contributed by atoms with Gasteiger partial charge in [-0.25, -0.2) is 4.79 Å². The Morgan fingerprint density at radius 3 is 2.45 bits per heavy atom. The molecule has 1 unspecified atom stereocenters. The maximum atomic E-state index is 12.8. The summed E-state index contributed by atoms with van der Waals surface area (Å²) in [6.07, 6.45) is -2.67. The van der Waals surface area contributed by atoms with E-state index in [1.54, 1.807) is 7.05 Å². The van der Waals surface area contributed by atoms with Crippen molar-refractivity contribution in [2.24, 2.45) is 5.92 Å². The molecule has 2 aromatic rings. The number of ether oxygens (including phenoxy) is 3. The molecule has 1 heterocycles. The largest absolute Gasteiger partial charge is 0.573 e. The predicted octanol–water partition coefficient (Wildman–Crippen LogP) is 4.65. The summed E-state index contributed by atoms with van der Waals surface area (Å²) in [4.78, 5) is 14.3. The monoisotopic (exact) mass is 436 g/mol. The number of carbonyl (C=O) groups is 1. The van der Waals surface area contributed by atoms with E-state index < -0.39 is 6.36 Å². The number of urea groups is 1. The molecule has 2 aliphatic rings. The molecule has 9 heteroatoms. The lowest BCUT2D eigenvalue weighted by molar-refractivity contribution is -0.274. The van der Waals surface area contributed by atoms with Crippen molar-refractivity contribution in [3.05, 3.63) is 53.6 Å². The van der Waals surface area contributed by atoms with E-state index in [1.165, 1.54) is 29.2 Å². The quantitative estimate of drug-likeness (QED) is 0.716. The standard InChI is InChI=1S/C22H23F3N2O4/c1-27(13-14-2-7-17(8-3-14)31-22(23,24)25)21(28)26-20(15-4-5-15)16-6-9-18-19(12-16)30-11-10-29-18/h2-3,6-9,12,15,20H,4-5,10-11,13H2,1H3,(H,26,28). The number of fused-ring (bicyclic) bond motifs is 1. The highest BCUT2D eigenvalue weighted by Crippen LogP contribution is 2.43. The van der Waals surface area contributed by atoms with E-state index >= 15 is 0 Å². The Hall–Kier alpha value is -3.10. The summed E-state index contributed by atoms with van der Waals surface area (Å²) in [6.45, 7) is 1.26. The van der Waals surface area contributed by atoms with Crippen molar-refractivity contribution in [2.75, 3.05) is 20.3 Å². The number of nitrogens with zero attached hydrogens (tertiary/aromatic N) is 1. The van der Waals surface area contributed by atoms with Crippen LogP contribution in [0.2, 0.25) is 0 Å². The molecule has 6 nitrogen and oxygen atoms in total. The summed E-state index contributed by atoms with van der Waals surface area (Å²) in [5, 5.41) is 3.08. The zero-order valence-corrected chi connectivity index (χ0v) is 16.9. The summed E-state index contributed by atoms with van der Waals surface area (Å²) in [6, 6.07) is 10.8. The number of hydrogen-bond acceptors (Lipinski definition) is 4. The molecule has 1 atom stereocenters. The topological polar surface area (TPSA) is 60.0 Å². The van der Waals surface area contributed by atoms with Gasteiger partial charge in [0.1, 0.15) is 19.0 Å². The van der Waals surface area contributed by atoms with Crippen LogP contribution in [0.15, 0.2) is 42.5 Å². The van der Waals surface area contributed by atoms with Crippen LogP contribution in [0.4, 0.5) is 18.0 Å². The summed E-state index contributed by atoms with van der Waals surface area (Å²) >= 11 is 0. The lowest BCUT2D eigenvalue weighted by atomic mass is 10.0. The fraction of sp³-hybridized carbons (Fsp3) is 0.409. The second kappa shape index (κ2) is 8.56. The Kier molecular flexibility index (Phi) is 5.84. The second-order valence-corrected chi connectivity index (χ2v) is 7.72. The van der Waals surface area contributed by atoms with Gasteiger partial charge in [0, 0.05) is 13.6 Å². The first kappa shape index (κ1) is 21.1. The summed E-state index contributed by atoms with van der Waals surface area (Å²) in [5.74, 6) is 1.44. The van der Waals surface area contributed by atoms with Crippen molar-refractivity contribution in [3.8, 4) is 17.2 Å². The summed E-state index contributed by atoms with van der Waals surface area (Å²) in [7, 11) is 1.64. The molecule has 0 spiro atoms. The maximum Gasteiger partial charge on any atom is 0.573 e. The predicted molar refractivity (Wildman–Crippen MR) is 106 cm³/mol. The minimum absolute atomic E-state index is 0.145. The zero-order chi connectivity index (χ0) is 22.0. The Bertz CT molecular complexity index is 929. The number of rotatable bonds is 6. The molecule has 4 rings (SSSR count). The van der Waals surface area contributed by atoms with Gasteiger partial charge in [-0.05, 0) is 54.2 Å². The number of hydrogen-bond donors (Lipinski definition) is 1. The second-order valence-electron chi connectivity index (χ2n) is 7.72. The lowest BCUT2D eigenvalue weighted by Gasteiger charge is -2.25. The Labute approximate surface area is 177 Å². The number of amides is 2. The van der Waals surface area contributed by atoms with Crippen molar-refractivity contribution in [1.29, 1.82) is 0 Å². The Balaban J connectivity index is 1.39. The van der Waals surface area contributed by atoms with E-state index in [0.29, 0.717) is 36.2 Å². The van der Waals surface area contributed by atoms with Crippen LogP contribution in [0, 0.1) is 5.92 Å². The minimum atomic E-state index is -4.73. The minimum Gasteiger partial charge on any atom is -0.486 e. The SMILES string of the molecule is CN(Cc1ccc(OC(F)(F)F)cc1)C(=O)NC(c1ccc2c(c1)OCCO2)C1CC1. The molecule has 2 amide bonds. The molecule has 1 saturated carbocycles. The molecule has 1 fully saturated rings. The van der Waals surface area contributed by atoms with Crippen molar-refractivity contribution < 1.29 is 32.2 Å². The fourth-order valence-corrected chi connectivity index (χ4v) is 3.54. The lowest BCUT2D eigenvalue weighted by Crippen LogP contribution is -2.39. The summed E-state index contributed by atoms with van der Waals surface area (Å²) in [5.41, 5.74) is 1.65. The van der Waals surface area contributed by atoms with Gasteiger partial charge in [0.15, 0.2) is 11.5 Å². The van der Waals surface area contributed by atoms with E-state index in [9.17, 15) is 18.0 Å². The number of benzene rings is 2. The molecule has 0 bridgehead atoms. The van der Waals surface area contributed by atoms with E-state index in [2.05, 4.69) is 10.1 Å². The van der Waals surface area contributed by atoms with Gasteiger partial charge in [0.2, 0.25) is 0 Å². The molecule has 1 aliphatic carbocycles. The number of alkyl halides is 3. The molecule has 166 valence electrons. The molecule has 2 aromatic carbocycles. The highest BCUT2D eigenvalue weighted by Gasteiger charge is 2.35. The van der Waals surface area contributed by atoms with E-state index in [-0.39, 0.29) is 24.4 Å².